The van der Waals surface area contributed by atoms with E-state index in [9.17, 15) is 19.6 Å². The molecule has 5 atom stereocenters. The number of fused-ring (bicyclic) bond motifs is 1. The lowest BCUT2D eigenvalue weighted by atomic mass is 10.1. The lowest BCUT2D eigenvalue weighted by Crippen LogP contribution is -2.55. The summed E-state index contributed by atoms with van der Waals surface area (Å²) in [5, 5.41) is 16.0. The molecule has 6 rings (SSSR count). The number of esters is 1. The summed E-state index contributed by atoms with van der Waals surface area (Å²) in [6.07, 6.45) is 6.02. The Morgan fingerprint density at radius 2 is 1.91 bits per heavy atom. The lowest BCUT2D eigenvalue weighted by Gasteiger charge is -2.29. The van der Waals surface area contributed by atoms with Gasteiger partial charge in [-0.15, -0.1) is 24.5 Å². The Kier molecular flexibility index (Phi) is 13.2. The van der Waals surface area contributed by atoms with Crippen molar-refractivity contribution >= 4 is 40.0 Å². The second-order valence-electron chi connectivity index (χ2n) is 15.2. The van der Waals surface area contributed by atoms with Gasteiger partial charge in [0.2, 0.25) is 5.91 Å². The zero-order valence-corrected chi connectivity index (χ0v) is 34.6. The van der Waals surface area contributed by atoms with E-state index in [1.54, 1.807) is 37.5 Å². The summed E-state index contributed by atoms with van der Waals surface area (Å²) in [5.41, 5.74) is 2.23. The molecule has 1 saturated heterocycles. The summed E-state index contributed by atoms with van der Waals surface area (Å²) < 4.78 is 23.9. The fourth-order valence-corrected chi connectivity index (χ4v) is 8.47. The van der Waals surface area contributed by atoms with E-state index in [1.165, 1.54) is 23.3 Å². The van der Waals surface area contributed by atoms with Crippen LogP contribution in [0, 0.1) is 24.2 Å². The van der Waals surface area contributed by atoms with E-state index >= 15 is 0 Å². The molecule has 1 aliphatic heterocycles. The first kappa shape index (κ1) is 41.9. The van der Waals surface area contributed by atoms with Gasteiger partial charge in [0, 0.05) is 34.7 Å². The number of carbonyl (C=O) groups excluding carboxylic acids is 3. The molecule has 5 unspecified atom stereocenters. The van der Waals surface area contributed by atoms with Crippen LogP contribution in [0.25, 0.3) is 21.6 Å². The molecule has 304 valence electrons. The molecule has 2 aromatic heterocycles. The van der Waals surface area contributed by atoms with Crippen LogP contribution in [0.4, 0.5) is 0 Å². The topological polar surface area (TPSA) is 153 Å². The third kappa shape index (κ3) is 8.87. The van der Waals surface area contributed by atoms with Crippen LogP contribution in [0.15, 0.2) is 73.2 Å². The van der Waals surface area contributed by atoms with E-state index in [1.807, 2.05) is 36.6 Å². The summed E-state index contributed by atoms with van der Waals surface area (Å²) >= 11 is 1.50. The molecule has 1 N–H and O–H groups in total. The Labute approximate surface area is 343 Å². The summed E-state index contributed by atoms with van der Waals surface area (Å²) in [4.78, 5) is 53.6. The monoisotopic (exact) mass is 805 g/mol. The molecule has 0 radical (unpaired) electrons. The number of amides is 2. The predicted octanol–water partition coefficient (Wildman–Crippen LogP) is 7.84. The van der Waals surface area contributed by atoms with Gasteiger partial charge in [0.05, 0.1) is 43.6 Å². The van der Waals surface area contributed by atoms with Gasteiger partial charge in [0.15, 0.2) is 6.10 Å². The number of unbranched alkanes of at least 4 members (excludes halogenated alkanes) is 3. The third-order valence-electron chi connectivity index (χ3n) is 10.9. The van der Waals surface area contributed by atoms with Gasteiger partial charge < -0.3 is 29.2 Å². The molecule has 0 bridgehead atoms. The number of hydrogen-bond donors (Lipinski definition) is 1. The largest absolute Gasteiger partial charge is 0.496 e. The van der Waals surface area contributed by atoms with Crippen LogP contribution in [0.1, 0.15) is 81.5 Å². The lowest BCUT2D eigenvalue weighted by molar-refractivity contribution is -0.149. The molecule has 3 heterocycles. The highest BCUT2D eigenvalue weighted by atomic mass is 32.1. The molecule has 12 nitrogen and oxygen atoms in total. The maximum Gasteiger partial charge on any atom is 0.332 e. The van der Waals surface area contributed by atoms with Crippen molar-refractivity contribution < 1.29 is 33.3 Å². The Morgan fingerprint density at radius 1 is 1.10 bits per heavy atom. The van der Waals surface area contributed by atoms with Gasteiger partial charge in [0.25, 0.3) is 5.91 Å². The number of nitriles is 1. The van der Waals surface area contributed by atoms with E-state index in [4.69, 9.17) is 28.9 Å². The Bertz CT molecular complexity index is 2230. The van der Waals surface area contributed by atoms with E-state index < -0.39 is 41.6 Å². The number of carbonyl (C=O) groups is 3. The zero-order chi connectivity index (χ0) is 41.6. The number of thiazole rings is 1. The molecule has 2 fully saturated rings. The molecule has 2 amide bonds. The van der Waals surface area contributed by atoms with Crippen LogP contribution in [0.5, 0.6) is 17.2 Å². The number of aromatic nitrogens is 2. The number of allylic oxidation sites excluding steroid dienone is 1. The van der Waals surface area contributed by atoms with Gasteiger partial charge >= 0.3 is 5.97 Å². The molecule has 1 aliphatic carbocycles. The summed E-state index contributed by atoms with van der Waals surface area (Å²) in [7, 11) is 2.89. The van der Waals surface area contributed by atoms with Crippen molar-refractivity contribution in [3.63, 3.8) is 0 Å². The van der Waals surface area contributed by atoms with E-state index in [0.717, 1.165) is 40.9 Å². The van der Waals surface area contributed by atoms with Crippen LogP contribution < -0.4 is 19.5 Å². The van der Waals surface area contributed by atoms with Crippen molar-refractivity contribution in [3.8, 4) is 34.0 Å². The molecular weight excluding hydrogens is 755 g/mol. The standard InChI is InChI=1S/C45H51N5O7S/c1-8-10-11-12-13-17-38(56-31-16-14-15-29(20-31)24-46)43(52)50-25-32(21-36(50)41(51)49-45(44(53)55-7)23-30(45)9-2)57-39-22-34(42-48-35(26-58-42)27(3)4)47-40-28(5)37(54-6)19-18-33(39)40/h8-9,14-16,18-20,22,26-27,30,32,36,38H,1-2,10-13,17,21,23,25H2,3-7H3,(H,49,51). The van der Waals surface area contributed by atoms with Crippen molar-refractivity contribution in [1.29, 1.82) is 5.26 Å². The summed E-state index contributed by atoms with van der Waals surface area (Å²) in [6.45, 7) is 13.8. The average Bonchev–Trinajstić information content (AvgIpc) is 3.50. The zero-order valence-electron chi connectivity index (χ0n) is 33.8. The van der Waals surface area contributed by atoms with Crippen molar-refractivity contribution in [1.82, 2.24) is 20.2 Å². The van der Waals surface area contributed by atoms with Crippen LogP contribution in [-0.4, -0.2) is 77.2 Å². The van der Waals surface area contributed by atoms with Crippen molar-refractivity contribution in [2.24, 2.45) is 5.92 Å². The number of pyridine rings is 1. The first-order valence-electron chi connectivity index (χ1n) is 19.7. The maximum absolute atomic E-state index is 14.8. The number of ether oxygens (including phenoxy) is 4. The van der Waals surface area contributed by atoms with Gasteiger partial charge in [-0.05, 0) is 75.3 Å². The number of methoxy groups -OCH3 is 2. The van der Waals surface area contributed by atoms with Crippen LogP contribution in [-0.2, 0) is 19.1 Å². The fourth-order valence-electron chi connectivity index (χ4n) is 7.53. The minimum absolute atomic E-state index is 0.0601. The molecule has 13 heteroatoms. The normalized spacial score (nSPS) is 20.2. The van der Waals surface area contributed by atoms with Gasteiger partial charge in [-0.1, -0.05) is 38.5 Å². The third-order valence-corrected chi connectivity index (χ3v) is 11.8. The molecule has 2 aliphatic rings. The molecule has 58 heavy (non-hydrogen) atoms. The number of likely N-dealkylation sites (tertiary alicyclic amines) is 1. The number of aryl methyl sites for hydroxylation is 1. The van der Waals surface area contributed by atoms with Gasteiger partial charge in [-0.25, -0.2) is 14.8 Å². The summed E-state index contributed by atoms with van der Waals surface area (Å²) in [6, 6.07) is 13.4. The second kappa shape index (κ2) is 18.2. The van der Waals surface area contributed by atoms with Crippen LogP contribution in [0.3, 0.4) is 0 Å². The van der Waals surface area contributed by atoms with Crippen LogP contribution >= 0.6 is 11.3 Å². The second-order valence-corrected chi connectivity index (χ2v) is 16.0. The molecule has 4 aromatic rings. The van der Waals surface area contributed by atoms with Crippen molar-refractivity contribution in [3.05, 3.63) is 90.0 Å². The molecular formula is C45H51N5O7S. The first-order valence-corrected chi connectivity index (χ1v) is 20.6. The van der Waals surface area contributed by atoms with Crippen molar-refractivity contribution in [2.75, 3.05) is 20.8 Å². The maximum atomic E-state index is 14.8. The number of rotatable bonds is 18. The van der Waals surface area contributed by atoms with Gasteiger partial charge in [-0.3, -0.25) is 9.59 Å². The smallest absolute Gasteiger partial charge is 0.332 e. The Hall–Kier alpha value is -5.74. The number of nitrogens with one attached hydrogen (secondary N) is 1. The van der Waals surface area contributed by atoms with Gasteiger partial charge in [0.1, 0.15) is 45.6 Å². The quantitative estimate of drug-likeness (QED) is 0.0598. The Balaban J connectivity index is 1.37. The highest BCUT2D eigenvalue weighted by Crippen LogP contribution is 2.46. The number of hydrogen-bond acceptors (Lipinski definition) is 11. The minimum atomic E-state index is -1.27. The molecule has 1 saturated carbocycles. The SMILES string of the molecule is C=CCCCCCC(Oc1cccc(C#N)c1)C(=O)N1CC(Oc2cc(-c3nc(C(C)C)cs3)nc3c(C)c(OC)ccc23)CC1C(=O)NC1(C(=O)OC)CC1C=C. The van der Waals surface area contributed by atoms with E-state index in [-0.39, 0.29) is 24.8 Å². The average molecular weight is 806 g/mol. The predicted molar refractivity (Wildman–Crippen MR) is 223 cm³/mol. The van der Waals surface area contributed by atoms with E-state index in [0.29, 0.717) is 53.3 Å². The van der Waals surface area contributed by atoms with E-state index in [2.05, 4.69) is 38.4 Å². The molecule has 2 aromatic carbocycles. The highest BCUT2D eigenvalue weighted by molar-refractivity contribution is 7.13. The minimum Gasteiger partial charge on any atom is -0.496 e. The first-order chi connectivity index (χ1) is 28.0. The van der Waals surface area contributed by atoms with Crippen LogP contribution in [0.2, 0.25) is 0 Å². The highest BCUT2D eigenvalue weighted by Gasteiger charge is 2.62. The number of benzene rings is 2. The Morgan fingerprint density at radius 3 is 2.59 bits per heavy atom. The van der Waals surface area contributed by atoms with Crippen molar-refractivity contribution in [2.45, 2.75) is 95.4 Å². The fraction of sp³-hybridized carbons (Fsp3) is 0.422. The molecule has 0 spiro atoms. The number of nitrogens with zero attached hydrogens (tertiary/aromatic N) is 4. The van der Waals surface area contributed by atoms with Gasteiger partial charge in [-0.2, -0.15) is 5.26 Å². The summed E-state index contributed by atoms with van der Waals surface area (Å²) in [5.74, 6) is 0.0139.